The van der Waals surface area contributed by atoms with E-state index in [0.717, 1.165) is 16.6 Å². The highest BCUT2D eigenvalue weighted by Crippen LogP contribution is 2.20. The molecule has 0 amide bonds. The summed E-state index contributed by atoms with van der Waals surface area (Å²) in [7, 11) is 1.90. The molecule has 14 heavy (non-hydrogen) atoms. The summed E-state index contributed by atoms with van der Waals surface area (Å²) >= 11 is 0. The van der Waals surface area contributed by atoms with Crippen molar-refractivity contribution in [1.82, 2.24) is 10.3 Å². The highest BCUT2D eigenvalue weighted by atomic mass is 19.1. The van der Waals surface area contributed by atoms with Gasteiger partial charge in [0.05, 0.1) is 0 Å². The van der Waals surface area contributed by atoms with E-state index >= 15 is 0 Å². The van der Waals surface area contributed by atoms with Gasteiger partial charge in [0.15, 0.2) is 0 Å². The van der Waals surface area contributed by atoms with Crippen molar-refractivity contribution < 1.29 is 4.39 Å². The fourth-order valence-corrected chi connectivity index (χ4v) is 1.51. The number of hydrogen-bond donors (Lipinski definition) is 2. The Morgan fingerprint density at radius 2 is 2.14 bits per heavy atom. The third kappa shape index (κ3) is 1.51. The van der Waals surface area contributed by atoms with E-state index in [9.17, 15) is 4.39 Å². The van der Waals surface area contributed by atoms with Gasteiger partial charge in [-0.2, -0.15) is 0 Å². The van der Waals surface area contributed by atoms with Gasteiger partial charge in [-0.25, -0.2) is 4.39 Å². The molecule has 0 saturated carbocycles. The Labute approximate surface area is 82.1 Å². The maximum Gasteiger partial charge on any atom is 0.125 e. The summed E-state index contributed by atoms with van der Waals surface area (Å²) in [5, 5.41) is 4.18. The van der Waals surface area contributed by atoms with Crippen LogP contribution < -0.4 is 5.32 Å². The van der Waals surface area contributed by atoms with Crippen molar-refractivity contribution in [2.24, 2.45) is 0 Å². The first kappa shape index (κ1) is 9.21. The van der Waals surface area contributed by atoms with Crippen LogP contribution in [0, 0.1) is 5.82 Å². The zero-order chi connectivity index (χ0) is 10.1. The summed E-state index contributed by atoms with van der Waals surface area (Å²) in [6.07, 6.45) is 0. The van der Waals surface area contributed by atoms with Gasteiger partial charge in [0.1, 0.15) is 5.82 Å². The Hall–Kier alpha value is -1.35. The first-order valence-electron chi connectivity index (χ1n) is 4.66. The van der Waals surface area contributed by atoms with Gasteiger partial charge in [-0.3, -0.25) is 0 Å². The Morgan fingerprint density at radius 1 is 1.36 bits per heavy atom. The molecule has 0 aliphatic rings. The molecule has 0 radical (unpaired) electrons. The minimum absolute atomic E-state index is 0.206. The minimum Gasteiger partial charge on any atom is -0.357 e. The van der Waals surface area contributed by atoms with Gasteiger partial charge in [0.2, 0.25) is 0 Å². The summed E-state index contributed by atoms with van der Waals surface area (Å²) in [5.41, 5.74) is 1.93. The lowest BCUT2D eigenvalue weighted by Gasteiger charge is -2.06. The van der Waals surface area contributed by atoms with E-state index in [1.165, 1.54) is 12.1 Å². The lowest BCUT2D eigenvalue weighted by Crippen LogP contribution is -2.12. The van der Waals surface area contributed by atoms with Crippen LogP contribution >= 0.6 is 0 Å². The van der Waals surface area contributed by atoms with E-state index in [1.54, 1.807) is 6.07 Å². The molecule has 1 atom stereocenters. The molecule has 0 bridgehead atoms. The molecule has 74 valence electrons. The second-order valence-corrected chi connectivity index (χ2v) is 3.47. The van der Waals surface area contributed by atoms with E-state index in [1.807, 2.05) is 13.1 Å². The molecule has 2 aromatic rings. The average Bonchev–Trinajstić information content (AvgIpc) is 2.59. The Kier molecular flexibility index (Phi) is 2.25. The van der Waals surface area contributed by atoms with E-state index in [2.05, 4.69) is 17.2 Å². The first-order valence-corrected chi connectivity index (χ1v) is 4.66. The molecule has 0 spiro atoms. The molecule has 2 nitrogen and oxygen atoms in total. The molecule has 1 aromatic carbocycles. The Bertz CT molecular complexity index is 447. The number of fused-ring (bicyclic) bond motifs is 1. The van der Waals surface area contributed by atoms with Crippen molar-refractivity contribution in [1.29, 1.82) is 0 Å². The summed E-state index contributed by atoms with van der Waals surface area (Å²) in [5.74, 6) is -0.206. The highest BCUT2D eigenvalue weighted by molar-refractivity contribution is 5.80. The van der Waals surface area contributed by atoms with Gasteiger partial charge in [0.25, 0.3) is 0 Å². The second kappa shape index (κ2) is 3.42. The first-order chi connectivity index (χ1) is 6.70. The molecule has 1 aromatic heterocycles. The maximum absolute atomic E-state index is 12.9. The Morgan fingerprint density at radius 3 is 2.86 bits per heavy atom. The smallest absolute Gasteiger partial charge is 0.125 e. The zero-order valence-corrected chi connectivity index (χ0v) is 8.26. The van der Waals surface area contributed by atoms with E-state index in [4.69, 9.17) is 0 Å². The largest absolute Gasteiger partial charge is 0.357 e. The summed E-state index contributed by atoms with van der Waals surface area (Å²) in [4.78, 5) is 3.18. The van der Waals surface area contributed by atoms with Gasteiger partial charge < -0.3 is 10.3 Å². The number of halogens is 1. The monoisotopic (exact) mass is 192 g/mol. The molecule has 2 rings (SSSR count). The number of aromatic amines is 1. The van der Waals surface area contributed by atoms with Crippen LogP contribution in [0.25, 0.3) is 10.9 Å². The second-order valence-electron chi connectivity index (χ2n) is 3.47. The van der Waals surface area contributed by atoms with Gasteiger partial charge in [-0.05, 0) is 43.6 Å². The van der Waals surface area contributed by atoms with Crippen LogP contribution in [0.4, 0.5) is 4.39 Å². The molecular formula is C11H13FN2. The molecule has 2 N–H and O–H groups in total. The van der Waals surface area contributed by atoms with Crippen LogP contribution in [-0.4, -0.2) is 12.0 Å². The lowest BCUT2D eigenvalue weighted by atomic mass is 10.2. The molecule has 3 heteroatoms. The summed E-state index contributed by atoms with van der Waals surface area (Å²) in [6.45, 7) is 2.06. The third-order valence-electron chi connectivity index (χ3n) is 2.50. The van der Waals surface area contributed by atoms with Gasteiger partial charge in [-0.15, -0.1) is 0 Å². The highest BCUT2D eigenvalue weighted by Gasteiger charge is 2.06. The fourth-order valence-electron chi connectivity index (χ4n) is 1.51. The van der Waals surface area contributed by atoms with Crippen molar-refractivity contribution >= 4 is 10.9 Å². The summed E-state index contributed by atoms with van der Waals surface area (Å²) < 4.78 is 12.9. The van der Waals surface area contributed by atoms with E-state index in [-0.39, 0.29) is 11.9 Å². The van der Waals surface area contributed by atoms with Gasteiger partial charge >= 0.3 is 0 Å². The van der Waals surface area contributed by atoms with Crippen molar-refractivity contribution in [2.75, 3.05) is 7.05 Å². The van der Waals surface area contributed by atoms with Crippen molar-refractivity contribution in [3.8, 4) is 0 Å². The predicted molar refractivity (Wildman–Crippen MR) is 55.7 cm³/mol. The average molecular weight is 192 g/mol. The van der Waals surface area contributed by atoms with Crippen LogP contribution in [0.15, 0.2) is 24.3 Å². The topological polar surface area (TPSA) is 27.8 Å². The summed E-state index contributed by atoms with van der Waals surface area (Å²) in [6, 6.07) is 7.07. The quantitative estimate of drug-likeness (QED) is 0.752. The molecule has 0 saturated heterocycles. The number of H-pyrrole nitrogens is 1. The zero-order valence-electron chi connectivity index (χ0n) is 8.26. The number of rotatable bonds is 2. The van der Waals surface area contributed by atoms with E-state index < -0.39 is 0 Å². The molecule has 0 fully saturated rings. The van der Waals surface area contributed by atoms with Crippen LogP contribution in [-0.2, 0) is 0 Å². The fraction of sp³-hybridized carbons (Fsp3) is 0.273. The van der Waals surface area contributed by atoms with Crippen molar-refractivity contribution in [3.63, 3.8) is 0 Å². The van der Waals surface area contributed by atoms with Crippen LogP contribution in [0.3, 0.4) is 0 Å². The van der Waals surface area contributed by atoms with Gasteiger partial charge in [-0.1, -0.05) is 0 Å². The van der Waals surface area contributed by atoms with Crippen molar-refractivity contribution in [2.45, 2.75) is 13.0 Å². The van der Waals surface area contributed by atoms with Gasteiger partial charge in [0, 0.05) is 17.3 Å². The molecular weight excluding hydrogens is 179 g/mol. The number of nitrogens with one attached hydrogen (secondary N) is 2. The third-order valence-corrected chi connectivity index (χ3v) is 2.50. The molecule has 0 aliphatic carbocycles. The minimum atomic E-state index is -0.206. The maximum atomic E-state index is 12.9. The van der Waals surface area contributed by atoms with Crippen LogP contribution in [0.5, 0.6) is 0 Å². The van der Waals surface area contributed by atoms with Crippen molar-refractivity contribution in [3.05, 3.63) is 35.8 Å². The molecule has 0 aliphatic heterocycles. The SMILES string of the molecule is CNC(C)c1cc2ccc(F)cc2[nH]1. The molecule has 1 unspecified atom stereocenters. The molecule has 1 heterocycles. The standard InChI is InChI=1S/C11H13FN2/c1-7(13-2)10-5-8-3-4-9(12)6-11(8)14-10/h3-7,13-14H,1-2H3. The number of benzene rings is 1. The predicted octanol–water partition coefficient (Wildman–Crippen LogP) is 2.59. The lowest BCUT2D eigenvalue weighted by molar-refractivity contribution is 0.628. The van der Waals surface area contributed by atoms with Crippen LogP contribution in [0.1, 0.15) is 18.7 Å². The number of aromatic nitrogens is 1. The Balaban J connectivity index is 2.51. The van der Waals surface area contributed by atoms with Crippen LogP contribution in [0.2, 0.25) is 0 Å². The number of hydrogen-bond acceptors (Lipinski definition) is 1. The normalized spacial score (nSPS) is 13.4. The van der Waals surface area contributed by atoms with E-state index in [0.29, 0.717) is 0 Å².